The Hall–Kier alpha value is -1.36. The van der Waals surface area contributed by atoms with Crippen molar-refractivity contribution in [1.82, 2.24) is 0 Å². The van der Waals surface area contributed by atoms with Crippen LogP contribution in [0.3, 0.4) is 0 Å². The van der Waals surface area contributed by atoms with Crippen LogP contribution in [0.15, 0.2) is 12.2 Å². The molecule has 0 heterocycles. The molecule has 0 atom stereocenters. The Bertz CT molecular complexity index is 171. The lowest BCUT2D eigenvalue weighted by Gasteiger charge is -1.79. The maximum atomic E-state index is 10.2. The number of ketones is 1. The van der Waals surface area contributed by atoms with Crippen LogP contribution in [0.4, 0.5) is 0 Å². The van der Waals surface area contributed by atoms with E-state index in [2.05, 4.69) is 13.0 Å². The van der Waals surface area contributed by atoms with Gasteiger partial charge in [-0.2, -0.15) is 0 Å². The van der Waals surface area contributed by atoms with Crippen LogP contribution in [0.5, 0.6) is 0 Å². The summed E-state index contributed by atoms with van der Waals surface area (Å²) < 4.78 is 0. The molecule has 0 fully saturated rings. The van der Waals surface area contributed by atoms with Gasteiger partial charge in [0.25, 0.3) is 0 Å². The first-order chi connectivity index (χ1) is 3.72. The average Bonchev–Trinajstić information content (AvgIpc) is 1.84. The molecular formula is C6H4O2. The highest BCUT2D eigenvalue weighted by molar-refractivity contribution is 6.19. The van der Waals surface area contributed by atoms with Gasteiger partial charge in [-0.25, -0.2) is 0 Å². The van der Waals surface area contributed by atoms with E-state index >= 15 is 0 Å². The topological polar surface area (TPSA) is 34.1 Å². The van der Waals surface area contributed by atoms with Gasteiger partial charge in [0.2, 0.25) is 5.78 Å². The van der Waals surface area contributed by atoms with Gasteiger partial charge >= 0.3 is 0 Å². The molecule has 0 aliphatic carbocycles. The van der Waals surface area contributed by atoms with Crippen molar-refractivity contribution in [3.8, 4) is 12.3 Å². The van der Waals surface area contributed by atoms with Gasteiger partial charge < -0.3 is 0 Å². The second-order valence-electron chi connectivity index (χ2n) is 1.12. The van der Waals surface area contributed by atoms with E-state index in [1.54, 1.807) is 5.92 Å². The van der Waals surface area contributed by atoms with Gasteiger partial charge in [0.1, 0.15) is 0 Å². The Morgan fingerprint density at radius 2 is 2.25 bits per heavy atom. The molecule has 0 bridgehead atoms. The maximum Gasteiger partial charge on any atom is 0.238 e. The predicted octanol–water partition coefficient (Wildman–Crippen LogP) is -0.0562. The first kappa shape index (κ1) is 6.64. The number of aldehydes is 1. The summed E-state index contributed by atoms with van der Waals surface area (Å²) in [6.07, 6.45) is 4.96. The summed E-state index contributed by atoms with van der Waals surface area (Å²) in [5, 5.41) is 0. The van der Waals surface area contributed by atoms with Gasteiger partial charge in [-0.3, -0.25) is 9.59 Å². The number of carbonyl (C=O) groups is 2. The number of allylic oxidation sites excluding steroid dienone is 1. The number of rotatable bonds is 2. The molecule has 0 spiro atoms. The fourth-order valence-electron chi connectivity index (χ4n) is 0.146. The SMILES string of the molecule is C#CC(=O)C(=C)C=O. The number of hydrogen-bond acceptors (Lipinski definition) is 2. The minimum atomic E-state index is -0.653. The van der Waals surface area contributed by atoms with Crippen molar-refractivity contribution in [1.29, 1.82) is 0 Å². The Balaban J connectivity index is 4.09. The Morgan fingerprint density at radius 3 is 2.38 bits per heavy atom. The average molecular weight is 108 g/mol. The lowest BCUT2D eigenvalue weighted by Crippen LogP contribution is -1.96. The summed E-state index contributed by atoms with van der Waals surface area (Å²) in [5.41, 5.74) is -0.174. The summed E-state index contributed by atoms with van der Waals surface area (Å²) in [5.74, 6) is 1.09. The van der Waals surface area contributed by atoms with Crippen molar-refractivity contribution in [3.63, 3.8) is 0 Å². The summed E-state index contributed by atoms with van der Waals surface area (Å²) in [4.78, 5) is 19.9. The molecule has 0 saturated carbocycles. The summed E-state index contributed by atoms with van der Waals surface area (Å²) in [7, 11) is 0. The van der Waals surface area contributed by atoms with Gasteiger partial charge in [-0.1, -0.05) is 6.58 Å². The molecule has 0 N–H and O–H groups in total. The molecule has 0 aromatic heterocycles. The molecule has 0 aromatic carbocycles. The van der Waals surface area contributed by atoms with Crippen molar-refractivity contribution in [3.05, 3.63) is 12.2 Å². The zero-order valence-electron chi connectivity index (χ0n) is 4.18. The molecule has 0 aromatic rings. The molecule has 0 amide bonds. The molecule has 0 radical (unpaired) electrons. The van der Waals surface area contributed by atoms with Gasteiger partial charge in [0.05, 0.1) is 5.57 Å². The molecule has 40 valence electrons. The van der Waals surface area contributed by atoms with Crippen molar-refractivity contribution >= 4 is 12.1 Å². The fourth-order valence-corrected chi connectivity index (χ4v) is 0.146. The van der Waals surface area contributed by atoms with E-state index in [9.17, 15) is 9.59 Å². The first-order valence-corrected chi connectivity index (χ1v) is 1.87. The normalized spacial score (nSPS) is 6.88. The largest absolute Gasteiger partial charge is 0.298 e. The van der Waals surface area contributed by atoms with E-state index in [0.29, 0.717) is 6.29 Å². The van der Waals surface area contributed by atoms with E-state index in [1.165, 1.54) is 0 Å². The molecule has 0 aliphatic rings. The molecule has 2 nitrogen and oxygen atoms in total. The van der Waals surface area contributed by atoms with Crippen LogP contribution >= 0.6 is 0 Å². The smallest absolute Gasteiger partial charge is 0.238 e. The zero-order chi connectivity index (χ0) is 6.57. The second-order valence-corrected chi connectivity index (χ2v) is 1.12. The second kappa shape index (κ2) is 2.75. The molecule has 8 heavy (non-hydrogen) atoms. The maximum absolute atomic E-state index is 10.2. The highest BCUT2D eigenvalue weighted by Crippen LogP contribution is 1.82. The number of hydrogen-bond donors (Lipinski definition) is 0. The minimum absolute atomic E-state index is 0.174. The number of carbonyl (C=O) groups excluding carboxylic acids is 2. The summed E-state index contributed by atoms with van der Waals surface area (Å²) in [6.45, 7) is 3.08. The van der Waals surface area contributed by atoms with Crippen LogP contribution < -0.4 is 0 Å². The standard InChI is InChI=1S/C6H4O2/c1-3-6(8)5(2)4-7/h1,4H,2H2. The fraction of sp³-hybridized carbons (Fsp3) is 0. The quantitative estimate of drug-likeness (QED) is 0.124. The monoisotopic (exact) mass is 108 g/mol. The van der Waals surface area contributed by atoms with Crippen LogP contribution in [-0.2, 0) is 9.59 Å². The van der Waals surface area contributed by atoms with E-state index in [4.69, 9.17) is 0 Å². The third-order valence-electron chi connectivity index (χ3n) is 0.565. The van der Waals surface area contributed by atoms with Gasteiger partial charge in [0, 0.05) is 0 Å². The van der Waals surface area contributed by atoms with Crippen LogP contribution in [0, 0.1) is 12.3 Å². The molecule has 0 saturated heterocycles. The molecular weight excluding hydrogens is 104 g/mol. The van der Waals surface area contributed by atoms with E-state index in [1.807, 2.05) is 0 Å². The minimum Gasteiger partial charge on any atom is -0.298 e. The van der Waals surface area contributed by atoms with Crippen molar-refractivity contribution in [2.24, 2.45) is 0 Å². The third-order valence-corrected chi connectivity index (χ3v) is 0.565. The Labute approximate surface area is 47.2 Å². The highest BCUT2D eigenvalue weighted by atomic mass is 16.1. The molecule has 0 rings (SSSR count). The molecule has 2 heteroatoms. The van der Waals surface area contributed by atoms with Crippen molar-refractivity contribution in [2.75, 3.05) is 0 Å². The van der Waals surface area contributed by atoms with Gasteiger partial charge in [-0.05, 0) is 5.92 Å². The van der Waals surface area contributed by atoms with Crippen LogP contribution in [0.25, 0.3) is 0 Å². The molecule has 0 aliphatic heterocycles. The van der Waals surface area contributed by atoms with Crippen LogP contribution in [0.2, 0.25) is 0 Å². The van der Waals surface area contributed by atoms with Crippen LogP contribution in [-0.4, -0.2) is 12.1 Å². The first-order valence-electron chi connectivity index (χ1n) is 1.87. The Kier molecular flexibility index (Phi) is 2.29. The summed E-state index contributed by atoms with van der Waals surface area (Å²) >= 11 is 0. The number of terminal acetylenes is 1. The predicted molar refractivity (Wildman–Crippen MR) is 29.0 cm³/mol. The molecule has 0 unspecified atom stereocenters. The van der Waals surface area contributed by atoms with Gasteiger partial charge in [-0.15, -0.1) is 6.42 Å². The van der Waals surface area contributed by atoms with E-state index in [-0.39, 0.29) is 5.57 Å². The summed E-state index contributed by atoms with van der Waals surface area (Å²) in [6, 6.07) is 0. The number of Topliss-reactive ketones (excluding diaryl/α,β-unsaturated/α-hetero) is 1. The van der Waals surface area contributed by atoms with Crippen molar-refractivity contribution < 1.29 is 9.59 Å². The zero-order valence-corrected chi connectivity index (χ0v) is 4.18. The van der Waals surface area contributed by atoms with E-state index < -0.39 is 5.78 Å². The lowest BCUT2D eigenvalue weighted by atomic mass is 10.2. The highest BCUT2D eigenvalue weighted by Gasteiger charge is 1.97. The van der Waals surface area contributed by atoms with Crippen LogP contribution in [0.1, 0.15) is 0 Å². The Morgan fingerprint density at radius 1 is 1.75 bits per heavy atom. The lowest BCUT2D eigenvalue weighted by molar-refractivity contribution is -0.113. The third kappa shape index (κ3) is 1.39. The van der Waals surface area contributed by atoms with Gasteiger partial charge in [0.15, 0.2) is 6.29 Å². The van der Waals surface area contributed by atoms with E-state index in [0.717, 1.165) is 0 Å². The van der Waals surface area contributed by atoms with Crippen molar-refractivity contribution in [2.45, 2.75) is 0 Å².